The number of hydrogen-bond donors (Lipinski definition) is 1. The lowest BCUT2D eigenvalue weighted by Crippen LogP contribution is -2.54. The number of carbonyl (C=O) groups is 1. The zero-order valence-corrected chi connectivity index (χ0v) is 16.6. The lowest BCUT2D eigenvalue weighted by Gasteiger charge is -2.46. The fourth-order valence-electron chi connectivity index (χ4n) is 3.15. The monoisotopic (exact) mass is 347 g/mol. The maximum Gasteiger partial charge on any atom is 0.410 e. The minimum atomic E-state index is -0.442. The fourth-order valence-corrected chi connectivity index (χ4v) is 3.15. The second-order valence-electron chi connectivity index (χ2n) is 8.10. The van der Waals surface area contributed by atoms with E-state index in [0.717, 1.165) is 38.2 Å². The number of amides is 1. The summed E-state index contributed by atoms with van der Waals surface area (Å²) in [6.45, 7) is 12.5. The molecule has 0 aliphatic carbocycles. The highest BCUT2D eigenvalue weighted by Gasteiger charge is 2.36. The molecule has 140 valence electrons. The van der Waals surface area contributed by atoms with Crippen molar-refractivity contribution in [2.75, 3.05) is 36.9 Å². The van der Waals surface area contributed by atoms with Crippen molar-refractivity contribution < 1.29 is 9.53 Å². The van der Waals surface area contributed by atoms with Crippen LogP contribution in [0.5, 0.6) is 0 Å². The van der Waals surface area contributed by atoms with Gasteiger partial charge in [-0.2, -0.15) is 0 Å². The standard InChI is InChI=1S/C20H33N3O2/c1-7-21-16-8-10-17(11-9-16)22(6)20(5)12-14-23(15-13-20)18(24)25-19(2,3)4/h8-11,21H,7,12-15H2,1-6H3. The molecule has 1 aromatic carbocycles. The Morgan fingerprint density at radius 3 is 2.28 bits per heavy atom. The predicted molar refractivity (Wildman–Crippen MR) is 104 cm³/mol. The number of nitrogens with zero attached hydrogens (tertiary/aromatic N) is 2. The van der Waals surface area contributed by atoms with Gasteiger partial charge in [0.05, 0.1) is 0 Å². The van der Waals surface area contributed by atoms with Gasteiger partial charge >= 0.3 is 6.09 Å². The molecule has 0 spiro atoms. The zero-order chi connectivity index (χ0) is 18.7. The Morgan fingerprint density at radius 2 is 1.80 bits per heavy atom. The number of benzene rings is 1. The molecule has 1 fully saturated rings. The van der Waals surface area contributed by atoms with Crippen LogP contribution in [0.2, 0.25) is 0 Å². The highest BCUT2D eigenvalue weighted by atomic mass is 16.6. The average molecular weight is 348 g/mol. The molecule has 5 nitrogen and oxygen atoms in total. The molecule has 1 amide bonds. The number of nitrogens with one attached hydrogen (secondary N) is 1. The predicted octanol–water partition coefficient (Wildman–Crippen LogP) is 4.34. The summed E-state index contributed by atoms with van der Waals surface area (Å²) in [5.41, 5.74) is 1.95. The number of carbonyl (C=O) groups excluding carboxylic acids is 1. The first-order valence-electron chi connectivity index (χ1n) is 9.20. The largest absolute Gasteiger partial charge is 0.444 e. The molecule has 1 aromatic rings. The van der Waals surface area contributed by atoms with E-state index in [-0.39, 0.29) is 11.6 Å². The van der Waals surface area contributed by atoms with Gasteiger partial charge in [0.25, 0.3) is 0 Å². The Morgan fingerprint density at radius 1 is 1.24 bits per heavy atom. The summed E-state index contributed by atoms with van der Waals surface area (Å²) in [5.74, 6) is 0. The van der Waals surface area contributed by atoms with Gasteiger partial charge in [-0.05, 0) is 71.7 Å². The Labute approximate surface area is 152 Å². The van der Waals surface area contributed by atoms with Crippen LogP contribution in [0.4, 0.5) is 16.2 Å². The first kappa shape index (κ1) is 19.4. The molecule has 1 aliphatic rings. The van der Waals surface area contributed by atoms with E-state index in [4.69, 9.17) is 4.74 Å². The molecule has 1 saturated heterocycles. The normalized spacial score (nSPS) is 17.1. The first-order valence-corrected chi connectivity index (χ1v) is 9.20. The number of rotatable bonds is 4. The fraction of sp³-hybridized carbons (Fsp3) is 0.650. The first-order chi connectivity index (χ1) is 11.6. The molecule has 0 radical (unpaired) electrons. The van der Waals surface area contributed by atoms with Crippen molar-refractivity contribution in [3.8, 4) is 0 Å². The highest BCUT2D eigenvalue weighted by Crippen LogP contribution is 2.32. The minimum absolute atomic E-state index is 0.0399. The van der Waals surface area contributed by atoms with Gasteiger partial charge in [-0.15, -0.1) is 0 Å². The summed E-state index contributed by atoms with van der Waals surface area (Å²) < 4.78 is 5.49. The van der Waals surface area contributed by atoms with Gasteiger partial charge in [-0.25, -0.2) is 4.79 Å². The van der Waals surface area contributed by atoms with Gasteiger partial charge in [0.2, 0.25) is 0 Å². The quantitative estimate of drug-likeness (QED) is 0.880. The number of piperidine rings is 1. The Bertz CT molecular complexity index is 570. The summed E-state index contributed by atoms with van der Waals surface area (Å²) in [6, 6.07) is 8.55. The van der Waals surface area contributed by atoms with Crippen molar-refractivity contribution >= 4 is 17.5 Å². The summed E-state index contributed by atoms with van der Waals surface area (Å²) in [5, 5.41) is 3.32. The van der Waals surface area contributed by atoms with Crippen LogP contribution >= 0.6 is 0 Å². The topological polar surface area (TPSA) is 44.8 Å². The van der Waals surface area contributed by atoms with Gasteiger partial charge in [-0.3, -0.25) is 0 Å². The van der Waals surface area contributed by atoms with Crippen molar-refractivity contribution in [2.24, 2.45) is 0 Å². The van der Waals surface area contributed by atoms with Gasteiger partial charge in [0.1, 0.15) is 5.60 Å². The third-order valence-electron chi connectivity index (χ3n) is 4.94. The second kappa shape index (κ2) is 7.54. The molecular formula is C20H33N3O2. The van der Waals surface area contributed by atoms with Crippen molar-refractivity contribution in [1.82, 2.24) is 4.90 Å². The molecule has 0 aromatic heterocycles. The third-order valence-corrected chi connectivity index (χ3v) is 4.94. The molecule has 0 saturated carbocycles. The third kappa shape index (κ3) is 5.03. The smallest absolute Gasteiger partial charge is 0.410 e. The molecule has 0 atom stereocenters. The van der Waals surface area contributed by atoms with Crippen molar-refractivity contribution in [2.45, 2.75) is 58.6 Å². The second-order valence-corrected chi connectivity index (χ2v) is 8.10. The van der Waals surface area contributed by atoms with E-state index in [0.29, 0.717) is 0 Å². The van der Waals surface area contributed by atoms with Crippen LogP contribution in [0.1, 0.15) is 47.5 Å². The van der Waals surface area contributed by atoms with Gasteiger partial charge in [-0.1, -0.05) is 0 Å². The lowest BCUT2D eigenvalue weighted by molar-refractivity contribution is 0.0174. The van der Waals surface area contributed by atoms with Crippen molar-refractivity contribution in [3.63, 3.8) is 0 Å². The summed E-state index contributed by atoms with van der Waals surface area (Å²) in [4.78, 5) is 16.4. The average Bonchev–Trinajstić information content (AvgIpc) is 2.54. The number of ether oxygens (including phenoxy) is 1. The maximum absolute atomic E-state index is 12.2. The summed E-state index contributed by atoms with van der Waals surface area (Å²) in [6.07, 6.45) is 1.65. The molecular weight excluding hydrogens is 314 g/mol. The number of likely N-dealkylation sites (tertiary alicyclic amines) is 1. The lowest BCUT2D eigenvalue weighted by atomic mass is 9.87. The molecule has 1 N–H and O–H groups in total. The summed E-state index contributed by atoms with van der Waals surface area (Å²) in [7, 11) is 2.14. The molecule has 1 aliphatic heterocycles. The number of anilines is 2. The van der Waals surface area contributed by atoms with E-state index < -0.39 is 5.60 Å². The van der Waals surface area contributed by atoms with E-state index in [1.165, 1.54) is 5.69 Å². The molecule has 0 bridgehead atoms. The van der Waals surface area contributed by atoms with E-state index in [9.17, 15) is 4.79 Å². The number of hydrogen-bond acceptors (Lipinski definition) is 4. The Hall–Kier alpha value is -1.91. The van der Waals surface area contributed by atoms with Crippen LogP contribution in [0, 0.1) is 0 Å². The Balaban J connectivity index is 1.97. The van der Waals surface area contributed by atoms with Crippen LogP contribution in [-0.4, -0.2) is 48.8 Å². The maximum atomic E-state index is 12.2. The van der Waals surface area contributed by atoms with Crippen molar-refractivity contribution in [3.05, 3.63) is 24.3 Å². The van der Waals surface area contributed by atoms with E-state index >= 15 is 0 Å². The van der Waals surface area contributed by atoms with Crippen LogP contribution in [0.3, 0.4) is 0 Å². The molecule has 5 heteroatoms. The molecule has 0 unspecified atom stereocenters. The van der Waals surface area contributed by atoms with Gasteiger partial charge in [0.15, 0.2) is 0 Å². The van der Waals surface area contributed by atoms with E-state index in [1.807, 2.05) is 25.7 Å². The van der Waals surface area contributed by atoms with Crippen LogP contribution in [0.15, 0.2) is 24.3 Å². The Kier molecular flexibility index (Phi) is 5.86. The zero-order valence-electron chi connectivity index (χ0n) is 16.6. The molecule has 2 rings (SSSR count). The molecule has 25 heavy (non-hydrogen) atoms. The van der Waals surface area contributed by atoms with E-state index in [1.54, 1.807) is 0 Å². The van der Waals surface area contributed by atoms with E-state index in [2.05, 4.69) is 55.4 Å². The van der Waals surface area contributed by atoms with Crippen LogP contribution in [0.25, 0.3) is 0 Å². The highest BCUT2D eigenvalue weighted by molar-refractivity contribution is 5.68. The van der Waals surface area contributed by atoms with Crippen molar-refractivity contribution in [1.29, 1.82) is 0 Å². The van der Waals surface area contributed by atoms with Gasteiger partial charge in [0, 0.05) is 43.6 Å². The minimum Gasteiger partial charge on any atom is -0.444 e. The molecule has 1 heterocycles. The SMILES string of the molecule is CCNc1ccc(N(C)C2(C)CCN(C(=O)OC(C)(C)C)CC2)cc1. The summed E-state index contributed by atoms with van der Waals surface area (Å²) >= 11 is 0. The van der Waals surface area contributed by atoms with Gasteiger partial charge < -0.3 is 19.9 Å². The van der Waals surface area contributed by atoms with Crippen LogP contribution in [-0.2, 0) is 4.74 Å². The van der Waals surface area contributed by atoms with Crippen LogP contribution < -0.4 is 10.2 Å².